The summed E-state index contributed by atoms with van der Waals surface area (Å²) in [6, 6.07) is 0. The van der Waals surface area contributed by atoms with Gasteiger partial charge in [0.15, 0.2) is 5.76 Å². The Labute approximate surface area is 167 Å². The molecule has 11 heteroatoms. The van der Waals surface area contributed by atoms with Crippen LogP contribution in [0.2, 0.25) is 0 Å². The highest BCUT2D eigenvalue weighted by Gasteiger charge is 2.31. The van der Waals surface area contributed by atoms with Crippen molar-refractivity contribution in [2.75, 3.05) is 32.9 Å². The number of nitrogens with zero attached hydrogens (tertiary/aromatic N) is 3. The van der Waals surface area contributed by atoms with Gasteiger partial charge in [0.1, 0.15) is 9.50 Å². The van der Waals surface area contributed by atoms with Gasteiger partial charge in [0.05, 0.1) is 31.9 Å². The molecule has 1 saturated heterocycles. The van der Waals surface area contributed by atoms with Crippen LogP contribution in [0.1, 0.15) is 19.8 Å². The predicted octanol–water partition coefficient (Wildman–Crippen LogP) is 2.77. The summed E-state index contributed by atoms with van der Waals surface area (Å²) in [4.78, 5) is 28.8. The van der Waals surface area contributed by atoms with Crippen molar-refractivity contribution < 1.29 is 28.6 Å². The highest BCUT2D eigenvalue weighted by molar-refractivity contribution is 9.28. The van der Waals surface area contributed by atoms with Gasteiger partial charge < -0.3 is 19.0 Å². The van der Waals surface area contributed by atoms with E-state index in [0.29, 0.717) is 48.3 Å². The van der Waals surface area contributed by atoms with Crippen molar-refractivity contribution in [2.45, 2.75) is 25.9 Å². The maximum absolute atomic E-state index is 12.0. The molecule has 2 heterocycles. The molecule has 1 fully saturated rings. The van der Waals surface area contributed by atoms with Crippen LogP contribution in [0.15, 0.2) is 31.3 Å². The summed E-state index contributed by atoms with van der Waals surface area (Å²) < 4.78 is 16.1. The molecule has 1 unspecified atom stereocenters. The monoisotopic (exact) mass is 495 g/mol. The highest BCUT2D eigenvalue weighted by atomic mass is 79.9. The summed E-state index contributed by atoms with van der Waals surface area (Å²) in [7, 11) is 0. The number of cyclic esters (lactones) is 1. The second kappa shape index (κ2) is 10.6. The second-order valence-corrected chi connectivity index (χ2v) is 8.04. The van der Waals surface area contributed by atoms with Gasteiger partial charge in [-0.3, -0.25) is 5.01 Å². The van der Waals surface area contributed by atoms with Gasteiger partial charge >= 0.3 is 11.9 Å². The Morgan fingerprint density at radius 2 is 2.12 bits per heavy atom. The third-order valence-corrected chi connectivity index (χ3v) is 4.25. The molecule has 0 N–H and O–H groups in total. The maximum Gasteiger partial charge on any atom is 0.347 e. The fourth-order valence-corrected chi connectivity index (χ4v) is 2.63. The van der Waals surface area contributed by atoms with E-state index in [1.165, 1.54) is 6.08 Å². The lowest BCUT2D eigenvalue weighted by atomic mass is 10.1. The first-order valence-electron chi connectivity index (χ1n) is 8.05. The van der Waals surface area contributed by atoms with E-state index in [9.17, 15) is 9.59 Å². The normalized spacial score (nSPS) is 18.6. The summed E-state index contributed by atoms with van der Waals surface area (Å²) >= 11 is 6.36. The SMILES string of the molecule is CCCC(OC(=O)CO/N=N/N1CCOCC1)C1=CC(=C(Br)Br)OC1=O. The first kappa shape index (κ1) is 20.8. The average molecular weight is 497 g/mol. The second-order valence-electron chi connectivity index (χ2n) is 5.39. The molecule has 0 aromatic carbocycles. The van der Waals surface area contributed by atoms with Crippen LogP contribution in [-0.4, -0.2) is 56.0 Å². The number of halogens is 2. The van der Waals surface area contributed by atoms with E-state index in [1.54, 1.807) is 5.01 Å². The van der Waals surface area contributed by atoms with Crippen molar-refractivity contribution in [3.8, 4) is 0 Å². The van der Waals surface area contributed by atoms with Crippen LogP contribution in [0.25, 0.3) is 0 Å². The van der Waals surface area contributed by atoms with Gasteiger partial charge in [0.2, 0.25) is 6.61 Å². The lowest BCUT2D eigenvalue weighted by Crippen LogP contribution is -2.31. The number of hydrogen-bond donors (Lipinski definition) is 0. The van der Waals surface area contributed by atoms with Crippen LogP contribution in [0, 0.1) is 0 Å². The number of morpholine rings is 1. The number of hydrogen-bond acceptors (Lipinski definition) is 8. The van der Waals surface area contributed by atoms with Crippen molar-refractivity contribution in [2.24, 2.45) is 10.5 Å². The number of ether oxygens (including phenoxy) is 3. The third kappa shape index (κ3) is 6.36. The van der Waals surface area contributed by atoms with E-state index < -0.39 is 24.6 Å². The first-order chi connectivity index (χ1) is 12.5. The van der Waals surface area contributed by atoms with E-state index in [2.05, 4.69) is 42.4 Å². The largest absolute Gasteiger partial charge is 0.455 e. The summed E-state index contributed by atoms with van der Waals surface area (Å²) in [6.45, 7) is 3.90. The van der Waals surface area contributed by atoms with Crippen LogP contribution in [0.5, 0.6) is 0 Å². The van der Waals surface area contributed by atoms with Crippen molar-refractivity contribution in [3.05, 3.63) is 20.8 Å². The zero-order chi connectivity index (χ0) is 18.9. The maximum atomic E-state index is 12.0. The lowest BCUT2D eigenvalue weighted by molar-refractivity contribution is -0.154. The van der Waals surface area contributed by atoms with Gasteiger partial charge in [0, 0.05) is 5.28 Å². The summed E-state index contributed by atoms with van der Waals surface area (Å²) in [5.74, 6) is -0.860. The molecule has 2 aliphatic rings. The van der Waals surface area contributed by atoms with Crippen molar-refractivity contribution >= 4 is 43.8 Å². The number of carbonyl (C=O) groups is 2. The average Bonchev–Trinajstić information content (AvgIpc) is 3.01. The van der Waals surface area contributed by atoms with Gasteiger partial charge in [0.25, 0.3) is 0 Å². The Kier molecular flexibility index (Phi) is 8.52. The molecule has 0 spiro atoms. The van der Waals surface area contributed by atoms with E-state index in [4.69, 9.17) is 19.0 Å². The molecule has 2 aliphatic heterocycles. The quantitative estimate of drug-likeness (QED) is 0.289. The molecule has 1 atom stereocenters. The zero-order valence-corrected chi connectivity index (χ0v) is 17.3. The molecule has 0 aliphatic carbocycles. The van der Waals surface area contributed by atoms with Gasteiger partial charge in [-0.25, -0.2) is 9.59 Å². The number of esters is 2. The van der Waals surface area contributed by atoms with Crippen molar-refractivity contribution in [3.63, 3.8) is 0 Å². The van der Waals surface area contributed by atoms with Gasteiger partial charge in [-0.15, -0.1) is 0 Å². The Morgan fingerprint density at radius 3 is 2.73 bits per heavy atom. The summed E-state index contributed by atoms with van der Waals surface area (Å²) in [5.41, 5.74) is 0.279. The molecular weight excluding hydrogens is 478 g/mol. The number of carbonyl (C=O) groups excluding carboxylic acids is 2. The van der Waals surface area contributed by atoms with Crippen molar-refractivity contribution in [1.29, 1.82) is 0 Å². The Balaban J connectivity index is 1.85. The molecular formula is C15H19Br2N3O6. The minimum Gasteiger partial charge on any atom is -0.455 e. The molecule has 26 heavy (non-hydrogen) atoms. The zero-order valence-electron chi connectivity index (χ0n) is 14.2. The van der Waals surface area contributed by atoms with E-state index >= 15 is 0 Å². The molecule has 0 amide bonds. The van der Waals surface area contributed by atoms with Crippen LogP contribution in [0.4, 0.5) is 0 Å². The molecule has 144 valence electrons. The minimum atomic E-state index is -0.711. The smallest absolute Gasteiger partial charge is 0.347 e. The van der Waals surface area contributed by atoms with E-state index in [0.717, 1.165) is 0 Å². The highest BCUT2D eigenvalue weighted by Crippen LogP contribution is 2.30. The fraction of sp³-hybridized carbons (Fsp3) is 0.600. The molecule has 9 nitrogen and oxygen atoms in total. The topological polar surface area (TPSA) is 99.0 Å². The first-order valence-corrected chi connectivity index (χ1v) is 9.64. The van der Waals surface area contributed by atoms with Crippen LogP contribution in [-0.2, 0) is 28.6 Å². The fourth-order valence-electron chi connectivity index (χ4n) is 2.24. The molecule has 0 radical (unpaired) electrons. The number of rotatable bonds is 8. The summed E-state index contributed by atoms with van der Waals surface area (Å²) in [5, 5.41) is 9.02. The molecule has 0 aromatic rings. The van der Waals surface area contributed by atoms with Gasteiger partial charge in [-0.1, -0.05) is 13.3 Å². The lowest BCUT2D eigenvalue weighted by Gasteiger charge is -2.21. The Morgan fingerprint density at radius 1 is 1.38 bits per heavy atom. The Hall–Kier alpha value is -1.46. The van der Waals surface area contributed by atoms with Crippen molar-refractivity contribution in [1.82, 2.24) is 5.01 Å². The van der Waals surface area contributed by atoms with E-state index in [1.807, 2.05) is 6.92 Å². The standard InChI is InChI=1S/C15H19Br2N3O6/c1-2-3-11(10-8-12(14(16)17)26-15(10)22)25-13(21)9-24-19-18-20-4-6-23-7-5-20/h8,11H,2-7,9H2,1H3/b19-18+. The predicted molar refractivity (Wildman–Crippen MR) is 97.0 cm³/mol. The van der Waals surface area contributed by atoms with Crippen LogP contribution >= 0.6 is 31.9 Å². The Bertz CT molecular complexity index is 613. The third-order valence-electron chi connectivity index (χ3n) is 3.47. The number of allylic oxidation sites excluding steroid dienone is 1. The summed E-state index contributed by atoms with van der Waals surface area (Å²) in [6.07, 6.45) is 2.02. The molecule has 2 rings (SSSR count). The van der Waals surface area contributed by atoms with Gasteiger partial charge in [-0.05, 0) is 49.6 Å². The van der Waals surface area contributed by atoms with Gasteiger partial charge in [-0.2, -0.15) is 0 Å². The molecule has 0 saturated carbocycles. The minimum absolute atomic E-state index is 0.279. The van der Waals surface area contributed by atoms with Crippen LogP contribution in [0.3, 0.4) is 0 Å². The van der Waals surface area contributed by atoms with E-state index in [-0.39, 0.29) is 5.57 Å². The molecule has 0 bridgehead atoms. The van der Waals surface area contributed by atoms with Crippen LogP contribution < -0.4 is 0 Å². The molecule has 0 aromatic heterocycles.